The molecule has 1 saturated heterocycles. The number of hydrogen-bond donors (Lipinski definition) is 2. The predicted octanol–water partition coefficient (Wildman–Crippen LogP) is 1.07. The van der Waals surface area contributed by atoms with Crippen LogP contribution < -0.4 is 10.6 Å². The second-order valence-corrected chi connectivity index (χ2v) is 6.87. The van der Waals surface area contributed by atoms with Crippen LogP contribution >= 0.6 is 0 Å². The maximum Gasteiger partial charge on any atom is 0.254 e. The van der Waals surface area contributed by atoms with Gasteiger partial charge in [0, 0.05) is 63.4 Å². The Morgan fingerprint density at radius 3 is 2.38 bits per heavy atom. The van der Waals surface area contributed by atoms with E-state index >= 15 is 0 Å². The highest BCUT2D eigenvalue weighted by molar-refractivity contribution is 5.96. The standard InChI is InChI=1S/C19H26N4O3/c1-14(24)21-16-4-2-15(3-5-16)19(26)23(17-6-7-17)11-8-18(25)22-12-9-20-10-13-22/h2-5,17,20H,6-13H2,1H3,(H,21,24). The van der Waals surface area contributed by atoms with E-state index in [4.69, 9.17) is 0 Å². The summed E-state index contributed by atoms with van der Waals surface area (Å²) in [6.45, 7) is 5.04. The number of rotatable bonds is 6. The Balaban J connectivity index is 1.59. The van der Waals surface area contributed by atoms with Crippen molar-refractivity contribution in [3.8, 4) is 0 Å². The van der Waals surface area contributed by atoms with E-state index in [9.17, 15) is 14.4 Å². The van der Waals surface area contributed by atoms with Crippen LogP contribution in [0.2, 0.25) is 0 Å². The van der Waals surface area contributed by atoms with E-state index in [1.165, 1.54) is 6.92 Å². The molecule has 0 aromatic heterocycles. The molecule has 1 aromatic rings. The first-order valence-electron chi connectivity index (χ1n) is 9.21. The van der Waals surface area contributed by atoms with E-state index in [0.717, 1.165) is 39.0 Å². The van der Waals surface area contributed by atoms with Gasteiger partial charge in [-0.3, -0.25) is 14.4 Å². The van der Waals surface area contributed by atoms with Gasteiger partial charge in [-0.1, -0.05) is 0 Å². The number of piperazine rings is 1. The molecule has 3 amide bonds. The molecule has 1 aliphatic heterocycles. The van der Waals surface area contributed by atoms with Crippen LogP contribution in [0.3, 0.4) is 0 Å². The molecule has 2 N–H and O–H groups in total. The van der Waals surface area contributed by atoms with Crippen molar-refractivity contribution in [3.05, 3.63) is 29.8 Å². The molecule has 7 heteroatoms. The van der Waals surface area contributed by atoms with E-state index in [2.05, 4.69) is 10.6 Å². The molecular weight excluding hydrogens is 332 g/mol. The van der Waals surface area contributed by atoms with Gasteiger partial charge in [0.05, 0.1) is 0 Å². The summed E-state index contributed by atoms with van der Waals surface area (Å²) in [5, 5.41) is 5.93. The molecule has 2 aliphatic rings. The van der Waals surface area contributed by atoms with Gasteiger partial charge in [0.1, 0.15) is 0 Å². The molecule has 0 bridgehead atoms. The molecule has 0 atom stereocenters. The zero-order valence-electron chi connectivity index (χ0n) is 15.2. The largest absolute Gasteiger partial charge is 0.340 e. The van der Waals surface area contributed by atoms with Crippen LogP contribution in [0, 0.1) is 0 Å². The third-order valence-electron chi connectivity index (χ3n) is 4.74. The summed E-state index contributed by atoms with van der Waals surface area (Å²) in [6, 6.07) is 7.15. The van der Waals surface area contributed by atoms with Gasteiger partial charge < -0.3 is 20.4 Å². The average molecular weight is 358 g/mol. The second kappa shape index (κ2) is 8.31. The zero-order chi connectivity index (χ0) is 18.5. The Hall–Kier alpha value is -2.41. The quantitative estimate of drug-likeness (QED) is 0.797. The minimum Gasteiger partial charge on any atom is -0.340 e. The second-order valence-electron chi connectivity index (χ2n) is 6.87. The maximum atomic E-state index is 12.9. The van der Waals surface area contributed by atoms with Crippen molar-refractivity contribution in [3.63, 3.8) is 0 Å². The Bertz CT molecular complexity index is 664. The van der Waals surface area contributed by atoms with Crippen molar-refractivity contribution in [1.29, 1.82) is 0 Å². The average Bonchev–Trinajstić information content (AvgIpc) is 3.47. The summed E-state index contributed by atoms with van der Waals surface area (Å²) in [5.74, 6) is -0.0731. The van der Waals surface area contributed by atoms with Gasteiger partial charge in [0.15, 0.2) is 0 Å². The molecule has 1 aliphatic carbocycles. The summed E-state index contributed by atoms with van der Waals surface area (Å²) in [6.07, 6.45) is 2.36. The topological polar surface area (TPSA) is 81.8 Å². The third-order valence-corrected chi connectivity index (χ3v) is 4.74. The van der Waals surface area contributed by atoms with Gasteiger partial charge in [-0.25, -0.2) is 0 Å². The highest BCUT2D eigenvalue weighted by atomic mass is 16.2. The van der Waals surface area contributed by atoms with Crippen LogP contribution in [0.25, 0.3) is 0 Å². The lowest BCUT2D eigenvalue weighted by Gasteiger charge is -2.29. The van der Waals surface area contributed by atoms with Crippen LogP contribution in [0.15, 0.2) is 24.3 Å². The molecule has 1 heterocycles. The van der Waals surface area contributed by atoms with Gasteiger partial charge in [-0.15, -0.1) is 0 Å². The Kier molecular flexibility index (Phi) is 5.88. The number of hydrogen-bond acceptors (Lipinski definition) is 4. The van der Waals surface area contributed by atoms with E-state index in [1.54, 1.807) is 24.3 Å². The molecule has 1 saturated carbocycles. The van der Waals surface area contributed by atoms with Crippen molar-refractivity contribution in [2.45, 2.75) is 32.2 Å². The number of amides is 3. The fraction of sp³-hybridized carbons (Fsp3) is 0.526. The fourth-order valence-electron chi connectivity index (χ4n) is 3.19. The summed E-state index contributed by atoms with van der Waals surface area (Å²) >= 11 is 0. The number of nitrogens with zero attached hydrogens (tertiary/aromatic N) is 2. The smallest absolute Gasteiger partial charge is 0.254 e. The van der Waals surface area contributed by atoms with Crippen molar-refractivity contribution < 1.29 is 14.4 Å². The Labute approximate surface area is 153 Å². The normalized spacial score (nSPS) is 16.9. The lowest BCUT2D eigenvalue weighted by atomic mass is 10.1. The summed E-state index contributed by atoms with van der Waals surface area (Å²) < 4.78 is 0. The Morgan fingerprint density at radius 1 is 1.15 bits per heavy atom. The van der Waals surface area contributed by atoms with Gasteiger partial charge >= 0.3 is 0 Å². The SMILES string of the molecule is CC(=O)Nc1ccc(C(=O)N(CCC(=O)N2CCNCC2)C2CC2)cc1. The molecule has 7 nitrogen and oxygen atoms in total. The van der Waals surface area contributed by atoms with Crippen molar-refractivity contribution in [2.24, 2.45) is 0 Å². The lowest BCUT2D eigenvalue weighted by Crippen LogP contribution is -2.47. The first-order valence-corrected chi connectivity index (χ1v) is 9.21. The van der Waals surface area contributed by atoms with E-state index in [0.29, 0.717) is 24.2 Å². The predicted molar refractivity (Wildman–Crippen MR) is 98.9 cm³/mol. The number of carbonyl (C=O) groups is 3. The highest BCUT2D eigenvalue weighted by Gasteiger charge is 2.33. The highest BCUT2D eigenvalue weighted by Crippen LogP contribution is 2.28. The molecule has 1 aromatic carbocycles. The van der Waals surface area contributed by atoms with Crippen LogP contribution in [-0.4, -0.2) is 66.3 Å². The maximum absolute atomic E-state index is 12.9. The van der Waals surface area contributed by atoms with Gasteiger partial charge in [-0.05, 0) is 37.1 Å². The van der Waals surface area contributed by atoms with Crippen LogP contribution in [0.1, 0.15) is 36.5 Å². The number of nitrogens with one attached hydrogen (secondary N) is 2. The van der Waals surface area contributed by atoms with Crippen LogP contribution in [0.5, 0.6) is 0 Å². The summed E-state index contributed by atoms with van der Waals surface area (Å²) in [4.78, 5) is 40.0. The zero-order valence-corrected chi connectivity index (χ0v) is 15.2. The molecule has 26 heavy (non-hydrogen) atoms. The number of anilines is 1. The van der Waals surface area contributed by atoms with Gasteiger partial charge in [0.25, 0.3) is 5.91 Å². The molecular formula is C19H26N4O3. The molecule has 140 valence electrons. The lowest BCUT2D eigenvalue weighted by molar-refractivity contribution is -0.132. The van der Waals surface area contributed by atoms with Gasteiger partial charge in [0.2, 0.25) is 11.8 Å². The van der Waals surface area contributed by atoms with Crippen molar-refractivity contribution >= 4 is 23.4 Å². The summed E-state index contributed by atoms with van der Waals surface area (Å²) in [7, 11) is 0. The molecule has 0 unspecified atom stereocenters. The molecule has 0 spiro atoms. The Morgan fingerprint density at radius 2 is 1.81 bits per heavy atom. The first-order chi connectivity index (χ1) is 12.5. The van der Waals surface area contributed by atoms with E-state index in [1.807, 2.05) is 9.80 Å². The fourth-order valence-corrected chi connectivity index (χ4v) is 3.19. The minimum atomic E-state index is -0.143. The number of benzene rings is 1. The van der Waals surface area contributed by atoms with Crippen LogP contribution in [-0.2, 0) is 9.59 Å². The van der Waals surface area contributed by atoms with Gasteiger partial charge in [-0.2, -0.15) is 0 Å². The molecule has 2 fully saturated rings. The van der Waals surface area contributed by atoms with E-state index < -0.39 is 0 Å². The third kappa shape index (κ3) is 4.82. The summed E-state index contributed by atoms with van der Waals surface area (Å²) in [5.41, 5.74) is 1.25. The molecule has 3 rings (SSSR count). The van der Waals surface area contributed by atoms with Crippen LogP contribution in [0.4, 0.5) is 5.69 Å². The van der Waals surface area contributed by atoms with Crippen molar-refractivity contribution in [2.75, 3.05) is 38.0 Å². The first kappa shape index (κ1) is 18.4. The van der Waals surface area contributed by atoms with E-state index in [-0.39, 0.29) is 23.8 Å². The monoisotopic (exact) mass is 358 g/mol. The number of carbonyl (C=O) groups excluding carboxylic acids is 3. The van der Waals surface area contributed by atoms with Crippen molar-refractivity contribution in [1.82, 2.24) is 15.1 Å². The molecule has 0 radical (unpaired) electrons. The minimum absolute atomic E-state index is 0.0463.